The van der Waals surface area contributed by atoms with E-state index in [-0.39, 0.29) is 18.3 Å². The third-order valence-electron chi connectivity index (χ3n) is 1.53. The van der Waals surface area contributed by atoms with Crippen LogP contribution < -0.4 is 5.32 Å². The number of hydrogen-bond donors (Lipinski definition) is 1. The van der Waals surface area contributed by atoms with Crippen LogP contribution in [0.1, 0.15) is 12.5 Å². The molecule has 2 nitrogen and oxygen atoms in total. The summed E-state index contributed by atoms with van der Waals surface area (Å²) in [4.78, 5) is 10.6. The molecule has 1 aromatic rings. The highest BCUT2D eigenvalue weighted by Crippen LogP contribution is 2.29. The second-order valence-corrected chi connectivity index (χ2v) is 2.76. The van der Waals surface area contributed by atoms with Crippen molar-refractivity contribution in [1.29, 1.82) is 0 Å². The molecule has 1 N–H and O–H groups in total. The van der Waals surface area contributed by atoms with E-state index in [4.69, 9.17) is 0 Å². The van der Waals surface area contributed by atoms with Crippen LogP contribution in [0.15, 0.2) is 24.3 Å². The smallest absolute Gasteiger partial charge is 0.326 e. The number of halogens is 4. The maximum absolute atomic E-state index is 12.1. The molecule has 0 radical (unpaired) electrons. The lowest BCUT2D eigenvalue weighted by molar-refractivity contribution is -0.137. The predicted octanol–water partition coefficient (Wildman–Crippen LogP) is 3.09. The number of carbonyl (C=O) groups is 1. The van der Waals surface area contributed by atoms with Gasteiger partial charge in [0.25, 0.3) is 0 Å². The largest absolute Gasteiger partial charge is 0.416 e. The molecule has 0 aliphatic heterocycles. The van der Waals surface area contributed by atoms with Gasteiger partial charge in [-0.15, -0.1) is 12.4 Å². The molecular formula is C9H9ClF3NO. The van der Waals surface area contributed by atoms with Crippen LogP contribution in [-0.4, -0.2) is 5.91 Å². The van der Waals surface area contributed by atoms with Crippen LogP contribution in [0.4, 0.5) is 18.9 Å². The summed E-state index contributed by atoms with van der Waals surface area (Å²) in [6.07, 6.45) is -4.34. The maximum atomic E-state index is 12.1. The predicted molar refractivity (Wildman–Crippen MR) is 53.0 cm³/mol. The minimum atomic E-state index is -4.34. The van der Waals surface area contributed by atoms with Crippen LogP contribution in [0.5, 0.6) is 0 Å². The summed E-state index contributed by atoms with van der Waals surface area (Å²) < 4.78 is 36.3. The van der Waals surface area contributed by atoms with E-state index in [1.807, 2.05) is 0 Å². The highest BCUT2D eigenvalue weighted by Gasteiger charge is 2.29. The fourth-order valence-corrected chi connectivity index (χ4v) is 0.946. The number of rotatable bonds is 1. The number of carbonyl (C=O) groups excluding carboxylic acids is 1. The van der Waals surface area contributed by atoms with Gasteiger partial charge in [0.15, 0.2) is 0 Å². The van der Waals surface area contributed by atoms with Crippen molar-refractivity contribution >= 4 is 24.0 Å². The number of anilines is 1. The lowest BCUT2D eigenvalue weighted by Gasteiger charge is -2.07. The zero-order chi connectivity index (χ0) is 10.8. The van der Waals surface area contributed by atoms with Crippen LogP contribution in [-0.2, 0) is 11.0 Å². The molecule has 0 aromatic heterocycles. The van der Waals surface area contributed by atoms with Crippen molar-refractivity contribution in [3.63, 3.8) is 0 Å². The van der Waals surface area contributed by atoms with Crippen LogP contribution in [0.2, 0.25) is 0 Å². The molecule has 0 saturated heterocycles. The molecule has 1 amide bonds. The van der Waals surface area contributed by atoms with Gasteiger partial charge in [-0.05, 0) is 24.3 Å². The molecule has 0 saturated carbocycles. The molecule has 15 heavy (non-hydrogen) atoms. The second-order valence-electron chi connectivity index (χ2n) is 2.76. The van der Waals surface area contributed by atoms with Crippen LogP contribution in [0, 0.1) is 0 Å². The first-order chi connectivity index (χ1) is 6.39. The van der Waals surface area contributed by atoms with Gasteiger partial charge in [0.2, 0.25) is 5.91 Å². The number of alkyl halides is 3. The fraction of sp³-hybridized carbons (Fsp3) is 0.222. The molecule has 0 atom stereocenters. The summed E-state index contributed by atoms with van der Waals surface area (Å²) in [5.41, 5.74) is -0.378. The Balaban J connectivity index is 0.00000196. The molecule has 1 aromatic carbocycles. The summed E-state index contributed by atoms with van der Waals surface area (Å²) in [5, 5.41) is 2.38. The maximum Gasteiger partial charge on any atom is 0.416 e. The normalized spacial score (nSPS) is 10.4. The van der Waals surface area contributed by atoms with Gasteiger partial charge in [0, 0.05) is 12.6 Å². The Morgan fingerprint density at radius 1 is 1.20 bits per heavy atom. The topological polar surface area (TPSA) is 29.1 Å². The molecule has 0 unspecified atom stereocenters. The Kier molecular flexibility index (Phi) is 4.61. The minimum Gasteiger partial charge on any atom is -0.326 e. The van der Waals surface area contributed by atoms with Gasteiger partial charge in [0.1, 0.15) is 0 Å². The quantitative estimate of drug-likeness (QED) is 0.802. The van der Waals surface area contributed by atoms with Crippen molar-refractivity contribution in [2.75, 3.05) is 5.32 Å². The summed E-state index contributed by atoms with van der Waals surface area (Å²) in [7, 11) is 0. The molecular weight excluding hydrogens is 231 g/mol. The number of benzene rings is 1. The summed E-state index contributed by atoms with van der Waals surface area (Å²) in [6, 6.07) is 4.27. The number of nitrogens with one attached hydrogen (secondary N) is 1. The standard InChI is InChI=1S/C9H8F3NO.ClH/c1-6(14)13-8-4-2-7(3-5-8)9(10,11)12;/h2-5H,1H3,(H,13,14);1H. The first-order valence-electron chi connectivity index (χ1n) is 3.84. The van der Waals surface area contributed by atoms with Crippen LogP contribution in [0.25, 0.3) is 0 Å². The van der Waals surface area contributed by atoms with Crippen molar-refractivity contribution in [2.45, 2.75) is 13.1 Å². The van der Waals surface area contributed by atoms with E-state index in [0.717, 1.165) is 12.1 Å². The lowest BCUT2D eigenvalue weighted by Crippen LogP contribution is -2.07. The summed E-state index contributed by atoms with van der Waals surface area (Å²) in [5.74, 6) is -0.315. The van der Waals surface area contributed by atoms with E-state index in [9.17, 15) is 18.0 Å². The molecule has 84 valence electrons. The van der Waals surface area contributed by atoms with E-state index in [1.54, 1.807) is 0 Å². The van der Waals surface area contributed by atoms with E-state index in [2.05, 4.69) is 5.32 Å². The fourth-order valence-electron chi connectivity index (χ4n) is 0.946. The molecule has 0 spiro atoms. The third kappa shape index (κ3) is 4.20. The highest BCUT2D eigenvalue weighted by atomic mass is 35.5. The molecule has 6 heteroatoms. The van der Waals surface area contributed by atoms with E-state index < -0.39 is 11.7 Å². The zero-order valence-electron chi connectivity index (χ0n) is 7.76. The first-order valence-corrected chi connectivity index (χ1v) is 3.84. The van der Waals surface area contributed by atoms with E-state index in [1.165, 1.54) is 19.1 Å². The summed E-state index contributed by atoms with van der Waals surface area (Å²) >= 11 is 0. The van der Waals surface area contributed by atoms with Crippen LogP contribution in [0.3, 0.4) is 0 Å². The van der Waals surface area contributed by atoms with Crippen molar-refractivity contribution < 1.29 is 18.0 Å². The van der Waals surface area contributed by atoms with Crippen molar-refractivity contribution in [3.8, 4) is 0 Å². The van der Waals surface area contributed by atoms with Gasteiger partial charge in [-0.25, -0.2) is 0 Å². The molecule has 0 heterocycles. The van der Waals surface area contributed by atoms with Gasteiger partial charge in [-0.3, -0.25) is 4.79 Å². The number of hydrogen-bond acceptors (Lipinski definition) is 1. The number of amides is 1. The Bertz CT molecular complexity index is 334. The summed E-state index contributed by atoms with van der Waals surface area (Å²) in [6.45, 7) is 1.29. The Labute approximate surface area is 90.9 Å². The average molecular weight is 240 g/mol. The first kappa shape index (κ1) is 13.8. The second kappa shape index (κ2) is 5.02. The highest BCUT2D eigenvalue weighted by molar-refractivity contribution is 5.88. The van der Waals surface area contributed by atoms with E-state index >= 15 is 0 Å². The monoisotopic (exact) mass is 239 g/mol. The molecule has 1 rings (SSSR count). The average Bonchev–Trinajstić information content (AvgIpc) is 2.02. The molecule has 0 bridgehead atoms. The van der Waals surface area contributed by atoms with Crippen molar-refractivity contribution in [2.24, 2.45) is 0 Å². The van der Waals surface area contributed by atoms with Gasteiger partial charge >= 0.3 is 6.18 Å². The minimum absolute atomic E-state index is 0. The molecule has 0 aliphatic carbocycles. The van der Waals surface area contributed by atoms with Gasteiger partial charge in [0.05, 0.1) is 5.56 Å². The Morgan fingerprint density at radius 2 is 1.67 bits per heavy atom. The van der Waals surface area contributed by atoms with Crippen molar-refractivity contribution in [1.82, 2.24) is 0 Å². The molecule has 0 fully saturated rings. The van der Waals surface area contributed by atoms with Crippen LogP contribution >= 0.6 is 12.4 Å². The van der Waals surface area contributed by atoms with Gasteiger partial charge < -0.3 is 5.32 Å². The third-order valence-corrected chi connectivity index (χ3v) is 1.53. The Hall–Kier alpha value is -1.23. The van der Waals surface area contributed by atoms with E-state index in [0.29, 0.717) is 5.69 Å². The van der Waals surface area contributed by atoms with Gasteiger partial charge in [-0.2, -0.15) is 13.2 Å². The van der Waals surface area contributed by atoms with Gasteiger partial charge in [-0.1, -0.05) is 0 Å². The molecule has 0 aliphatic rings. The lowest BCUT2D eigenvalue weighted by atomic mass is 10.2. The SMILES string of the molecule is CC(=O)Nc1ccc(C(F)(F)F)cc1.Cl. The van der Waals surface area contributed by atoms with Crippen molar-refractivity contribution in [3.05, 3.63) is 29.8 Å². The zero-order valence-corrected chi connectivity index (χ0v) is 8.58. The Morgan fingerprint density at radius 3 is 2.00 bits per heavy atom.